The summed E-state index contributed by atoms with van der Waals surface area (Å²) in [6.07, 6.45) is -5.07. The Labute approximate surface area is 110 Å². The van der Waals surface area contributed by atoms with Gasteiger partial charge in [-0.1, -0.05) is 0 Å². The molecule has 0 atom stereocenters. The van der Waals surface area contributed by atoms with Crippen LogP contribution in [0.2, 0.25) is 0 Å². The van der Waals surface area contributed by atoms with Crippen LogP contribution in [-0.4, -0.2) is 36.4 Å². The Kier molecular flexibility index (Phi) is 3.43. The van der Waals surface area contributed by atoms with Gasteiger partial charge in [-0.3, -0.25) is 4.79 Å². The molecule has 108 valence electrons. The molecule has 0 aromatic heterocycles. The number of hydrogen-bond donors (Lipinski definition) is 2. The zero-order valence-corrected chi connectivity index (χ0v) is 9.78. The number of carbonyl (C=O) groups is 2. The lowest BCUT2D eigenvalue weighted by Gasteiger charge is -2.21. The van der Waals surface area contributed by atoms with Crippen molar-refractivity contribution < 1.29 is 37.3 Å². The third kappa shape index (κ3) is 2.76. The number of halogens is 3. The van der Waals surface area contributed by atoms with E-state index in [0.29, 0.717) is 0 Å². The highest BCUT2D eigenvalue weighted by Gasteiger charge is 2.39. The Morgan fingerprint density at radius 3 is 2.45 bits per heavy atom. The molecule has 1 aliphatic rings. The lowest BCUT2D eigenvalue weighted by Crippen LogP contribution is -2.30. The highest BCUT2D eigenvalue weighted by atomic mass is 19.4. The maximum Gasteiger partial charge on any atom is 0.471 e. The Bertz CT molecular complexity index is 570. The number of ether oxygens (including phenoxy) is 2. The van der Waals surface area contributed by atoms with Gasteiger partial charge in [-0.25, -0.2) is 4.79 Å². The van der Waals surface area contributed by atoms with Crippen molar-refractivity contribution >= 4 is 17.6 Å². The van der Waals surface area contributed by atoms with Crippen LogP contribution >= 0.6 is 0 Å². The van der Waals surface area contributed by atoms with Gasteiger partial charge in [0.2, 0.25) is 0 Å². The summed E-state index contributed by atoms with van der Waals surface area (Å²) in [7, 11) is 0. The second kappa shape index (κ2) is 4.91. The molecular weight excluding hydrogens is 283 g/mol. The molecular formula is C11H8F3NO5. The van der Waals surface area contributed by atoms with Crippen molar-refractivity contribution in [1.82, 2.24) is 0 Å². The Balaban J connectivity index is 2.38. The average Bonchev–Trinajstić information content (AvgIpc) is 2.36. The maximum absolute atomic E-state index is 12.1. The van der Waals surface area contributed by atoms with Gasteiger partial charge in [0.05, 0.1) is 0 Å². The van der Waals surface area contributed by atoms with E-state index in [4.69, 9.17) is 14.6 Å². The predicted molar refractivity (Wildman–Crippen MR) is 59.1 cm³/mol. The molecule has 1 heterocycles. The van der Waals surface area contributed by atoms with E-state index in [-0.39, 0.29) is 36.0 Å². The van der Waals surface area contributed by atoms with Crippen molar-refractivity contribution in [3.8, 4) is 11.5 Å². The number of aromatic carboxylic acids is 1. The zero-order chi connectivity index (χ0) is 14.9. The first-order valence-electron chi connectivity index (χ1n) is 5.34. The van der Waals surface area contributed by atoms with E-state index in [9.17, 15) is 22.8 Å². The van der Waals surface area contributed by atoms with Crippen molar-refractivity contribution in [2.24, 2.45) is 0 Å². The molecule has 0 radical (unpaired) electrons. The largest absolute Gasteiger partial charge is 0.486 e. The number of benzene rings is 1. The molecule has 0 saturated heterocycles. The molecule has 0 unspecified atom stereocenters. The van der Waals surface area contributed by atoms with Crippen LogP contribution in [0.15, 0.2) is 12.1 Å². The van der Waals surface area contributed by atoms with E-state index in [1.165, 1.54) is 0 Å². The second-order valence-corrected chi connectivity index (χ2v) is 3.81. The van der Waals surface area contributed by atoms with Crippen molar-refractivity contribution in [2.45, 2.75) is 6.18 Å². The lowest BCUT2D eigenvalue weighted by molar-refractivity contribution is -0.167. The molecule has 0 bridgehead atoms. The number of anilines is 1. The Hall–Kier alpha value is -2.45. The van der Waals surface area contributed by atoms with E-state index in [1.54, 1.807) is 5.32 Å². The van der Waals surface area contributed by atoms with E-state index in [0.717, 1.165) is 12.1 Å². The summed E-state index contributed by atoms with van der Waals surface area (Å²) in [5.74, 6) is -3.72. The summed E-state index contributed by atoms with van der Waals surface area (Å²) in [5, 5.41) is 10.6. The molecule has 20 heavy (non-hydrogen) atoms. The standard InChI is InChI=1S/C11H8F3NO5/c12-11(13,14)10(18)15-5-3-6(9(16)17)8-7(4-5)19-1-2-20-8/h3-4H,1-2H2,(H,15,18)(H,16,17). The van der Waals surface area contributed by atoms with Gasteiger partial charge in [0.1, 0.15) is 18.8 Å². The number of hydrogen-bond acceptors (Lipinski definition) is 4. The molecule has 6 nitrogen and oxygen atoms in total. The van der Waals surface area contributed by atoms with Gasteiger partial charge in [0.25, 0.3) is 0 Å². The Morgan fingerprint density at radius 2 is 1.85 bits per heavy atom. The van der Waals surface area contributed by atoms with E-state index in [1.807, 2.05) is 0 Å². The highest BCUT2D eigenvalue weighted by Crippen LogP contribution is 2.37. The summed E-state index contributed by atoms with van der Waals surface area (Å²) in [6, 6.07) is 1.95. The van der Waals surface area contributed by atoms with Gasteiger partial charge >= 0.3 is 18.1 Å². The van der Waals surface area contributed by atoms with E-state index >= 15 is 0 Å². The van der Waals surface area contributed by atoms with Crippen LogP contribution in [0.1, 0.15) is 10.4 Å². The minimum Gasteiger partial charge on any atom is -0.486 e. The Morgan fingerprint density at radius 1 is 1.20 bits per heavy atom. The van der Waals surface area contributed by atoms with Crippen LogP contribution in [-0.2, 0) is 4.79 Å². The number of nitrogens with one attached hydrogen (secondary N) is 1. The maximum atomic E-state index is 12.1. The predicted octanol–water partition coefficient (Wildman–Crippen LogP) is 1.66. The number of fused-ring (bicyclic) bond motifs is 1. The summed E-state index contributed by atoms with van der Waals surface area (Å²) in [5.41, 5.74) is -0.728. The van der Waals surface area contributed by atoms with Crippen molar-refractivity contribution in [1.29, 1.82) is 0 Å². The first-order valence-corrected chi connectivity index (χ1v) is 5.34. The third-order valence-corrected chi connectivity index (χ3v) is 2.39. The topological polar surface area (TPSA) is 84.9 Å². The van der Waals surface area contributed by atoms with Gasteiger partial charge in [0, 0.05) is 11.8 Å². The van der Waals surface area contributed by atoms with Crippen LogP contribution in [0.4, 0.5) is 18.9 Å². The van der Waals surface area contributed by atoms with E-state index in [2.05, 4.69) is 0 Å². The summed E-state index contributed by atoms with van der Waals surface area (Å²) >= 11 is 0. The number of carboxylic acids is 1. The van der Waals surface area contributed by atoms with E-state index < -0.39 is 18.1 Å². The summed E-state index contributed by atoms with van der Waals surface area (Å²) in [6.45, 7) is 0.254. The van der Waals surface area contributed by atoms with Gasteiger partial charge in [-0.15, -0.1) is 0 Å². The molecule has 1 amide bonds. The third-order valence-electron chi connectivity index (χ3n) is 2.39. The zero-order valence-electron chi connectivity index (χ0n) is 9.78. The quantitative estimate of drug-likeness (QED) is 0.865. The normalized spacial score (nSPS) is 13.8. The fourth-order valence-corrected chi connectivity index (χ4v) is 1.59. The van der Waals surface area contributed by atoms with Crippen molar-refractivity contribution in [3.63, 3.8) is 0 Å². The van der Waals surface area contributed by atoms with Crippen LogP contribution in [0.3, 0.4) is 0 Å². The minimum absolute atomic E-state index is 0.0337. The number of amides is 1. The smallest absolute Gasteiger partial charge is 0.471 e. The average molecular weight is 291 g/mol. The number of carboxylic acid groups (broad SMARTS) is 1. The molecule has 0 fully saturated rings. The molecule has 2 rings (SSSR count). The molecule has 2 N–H and O–H groups in total. The van der Waals surface area contributed by atoms with Gasteiger partial charge < -0.3 is 19.9 Å². The first kappa shape index (κ1) is 14.0. The first-order chi connectivity index (χ1) is 9.29. The van der Waals surface area contributed by atoms with Gasteiger partial charge in [-0.2, -0.15) is 13.2 Å². The summed E-state index contributed by atoms with van der Waals surface area (Å²) < 4.78 is 46.6. The molecule has 0 aliphatic carbocycles. The molecule has 0 saturated carbocycles. The molecule has 1 aliphatic heterocycles. The monoisotopic (exact) mass is 291 g/mol. The van der Waals surface area contributed by atoms with Crippen molar-refractivity contribution in [3.05, 3.63) is 17.7 Å². The summed E-state index contributed by atoms with van der Waals surface area (Å²) in [4.78, 5) is 21.9. The lowest BCUT2D eigenvalue weighted by atomic mass is 10.1. The van der Waals surface area contributed by atoms with Gasteiger partial charge in [0.15, 0.2) is 11.5 Å². The number of alkyl halides is 3. The highest BCUT2D eigenvalue weighted by molar-refractivity contribution is 5.98. The fraction of sp³-hybridized carbons (Fsp3) is 0.273. The second-order valence-electron chi connectivity index (χ2n) is 3.81. The van der Waals surface area contributed by atoms with Crippen LogP contribution in [0.5, 0.6) is 11.5 Å². The van der Waals surface area contributed by atoms with Crippen molar-refractivity contribution in [2.75, 3.05) is 18.5 Å². The van der Waals surface area contributed by atoms with Crippen LogP contribution in [0.25, 0.3) is 0 Å². The fourth-order valence-electron chi connectivity index (χ4n) is 1.59. The SMILES string of the molecule is O=C(O)c1cc(NC(=O)C(F)(F)F)cc2c1OCCO2. The minimum atomic E-state index is -5.07. The molecule has 9 heteroatoms. The number of rotatable bonds is 2. The molecule has 0 spiro atoms. The van der Waals surface area contributed by atoms with Crippen LogP contribution in [0, 0.1) is 0 Å². The van der Waals surface area contributed by atoms with Gasteiger partial charge in [-0.05, 0) is 6.07 Å². The molecule has 1 aromatic carbocycles. The number of carbonyl (C=O) groups excluding carboxylic acids is 1. The van der Waals surface area contributed by atoms with Crippen LogP contribution < -0.4 is 14.8 Å². The molecule has 1 aromatic rings.